The average Bonchev–Trinajstić information content (AvgIpc) is 2.54. The Morgan fingerprint density at radius 1 is 1.35 bits per heavy atom. The van der Waals surface area contributed by atoms with E-state index < -0.39 is 22.9 Å². The monoisotopic (exact) mass is 326 g/mol. The van der Waals surface area contributed by atoms with Gasteiger partial charge in [-0.05, 0) is 12.5 Å². The molecule has 9 nitrogen and oxygen atoms in total. The Kier molecular flexibility index (Phi) is 6.94. The number of aromatic hydroxyl groups is 1. The number of carbonyl (C=O) groups is 2. The van der Waals surface area contributed by atoms with Crippen LogP contribution >= 0.6 is 0 Å². The summed E-state index contributed by atoms with van der Waals surface area (Å²) in [7, 11) is 2.45. The number of esters is 2. The number of rotatable bonds is 8. The van der Waals surface area contributed by atoms with Gasteiger partial charge in [-0.25, -0.2) is 0 Å². The van der Waals surface area contributed by atoms with E-state index in [0.717, 1.165) is 0 Å². The summed E-state index contributed by atoms with van der Waals surface area (Å²) in [6, 6.07) is 2.78. The fraction of sp³-hybridized carbons (Fsp3) is 0.429. The summed E-state index contributed by atoms with van der Waals surface area (Å²) in [5.41, 5.74) is 0.0787. The first kappa shape index (κ1) is 18.4. The average molecular weight is 326 g/mol. The van der Waals surface area contributed by atoms with Crippen molar-refractivity contribution in [1.82, 2.24) is 5.32 Å². The van der Waals surface area contributed by atoms with E-state index >= 15 is 0 Å². The number of methoxy groups -OCH3 is 2. The highest BCUT2D eigenvalue weighted by molar-refractivity contribution is 5.77. The highest BCUT2D eigenvalue weighted by atomic mass is 16.6. The lowest BCUT2D eigenvalue weighted by Crippen LogP contribution is -2.37. The largest absolute Gasteiger partial charge is 0.508 e. The molecular weight excluding hydrogens is 308 g/mol. The topological polar surface area (TPSA) is 128 Å². The van der Waals surface area contributed by atoms with E-state index in [0.29, 0.717) is 0 Å². The third-order valence-corrected chi connectivity index (χ3v) is 3.16. The zero-order valence-electron chi connectivity index (χ0n) is 12.8. The molecule has 0 aromatic heterocycles. The number of non-ortho nitro benzene ring substituents is 1. The van der Waals surface area contributed by atoms with E-state index in [1.807, 2.05) is 0 Å². The Morgan fingerprint density at radius 2 is 2.04 bits per heavy atom. The van der Waals surface area contributed by atoms with Gasteiger partial charge in [-0.15, -0.1) is 0 Å². The van der Waals surface area contributed by atoms with Gasteiger partial charge in [-0.1, -0.05) is 0 Å². The molecule has 0 heterocycles. The smallest absolute Gasteiger partial charge is 0.322 e. The van der Waals surface area contributed by atoms with Gasteiger partial charge in [0.15, 0.2) is 0 Å². The van der Waals surface area contributed by atoms with E-state index in [4.69, 9.17) is 0 Å². The predicted octanol–water partition coefficient (Wildman–Crippen LogP) is 0.885. The fourth-order valence-corrected chi connectivity index (χ4v) is 1.87. The molecule has 0 aliphatic carbocycles. The molecular formula is C14H18N2O7. The summed E-state index contributed by atoms with van der Waals surface area (Å²) in [5.74, 6) is -1.20. The number of phenols is 1. The number of hydrogen-bond acceptors (Lipinski definition) is 8. The Hall–Kier alpha value is -2.68. The minimum Gasteiger partial charge on any atom is -0.508 e. The lowest BCUT2D eigenvalue weighted by molar-refractivity contribution is -0.384. The summed E-state index contributed by atoms with van der Waals surface area (Å²) in [4.78, 5) is 33.0. The maximum atomic E-state index is 11.7. The third-order valence-electron chi connectivity index (χ3n) is 3.16. The highest BCUT2D eigenvalue weighted by Crippen LogP contribution is 2.23. The first-order chi connectivity index (χ1) is 10.9. The third kappa shape index (κ3) is 5.55. The zero-order valence-corrected chi connectivity index (χ0v) is 12.8. The first-order valence-corrected chi connectivity index (χ1v) is 6.73. The summed E-state index contributed by atoms with van der Waals surface area (Å²) in [6.07, 6.45) is 0.138. The van der Waals surface area contributed by atoms with Gasteiger partial charge >= 0.3 is 11.9 Å². The molecule has 0 aliphatic heterocycles. The van der Waals surface area contributed by atoms with E-state index in [1.54, 1.807) is 0 Å². The quantitative estimate of drug-likeness (QED) is 0.409. The molecule has 9 heteroatoms. The van der Waals surface area contributed by atoms with Crippen LogP contribution in [0.4, 0.5) is 5.69 Å². The molecule has 0 aliphatic rings. The molecule has 0 saturated carbocycles. The minimum atomic E-state index is -0.808. The number of benzene rings is 1. The molecule has 0 bridgehead atoms. The number of phenolic OH excluding ortho intramolecular Hbond substituents is 1. The molecule has 0 amide bonds. The van der Waals surface area contributed by atoms with Crippen LogP contribution in [0, 0.1) is 10.1 Å². The van der Waals surface area contributed by atoms with Crippen LogP contribution in [0.2, 0.25) is 0 Å². The Morgan fingerprint density at radius 3 is 2.61 bits per heavy atom. The van der Waals surface area contributed by atoms with Gasteiger partial charge in [0.05, 0.1) is 19.1 Å². The molecule has 0 radical (unpaired) electrons. The van der Waals surface area contributed by atoms with E-state index in [1.165, 1.54) is 32.4 Å². The number of nitro benzene ring substituents is 1. The van der Waals surface area contributed by atoms with Crippen molar-refractivity contribution < 1.29 is 29.1 Å². The Labute approximate surface area is 132 Å². The van der Waals surface area contributed by atoms with Gasteiger partial charge in [0, 0.05) is 30.7 Å². The molecule has 2 N–H and O–H groups in total. The number of nitrogens with zero attached hydrogens (tertiary/aromatic N) is 1. The molecule has 1 rings (SSSR count). The van der Waals surface area contributed by atoms with Crippen molar-refractivity contribution in [3.05, 3.63) is 33.9 Å². The van der Waals surface area contributed by atoms with E-state index in [2.05, 4.69) is 14.8 Å². The number of carbonyl (C=O) groups excluding carboxylic acids is 2. The molecule has 1 aromatic rings. The lowest BCUT2D eigenvalue weighted by Gasteiger charge is -2.16. The van der Waals surface area contributed by atoms with Crippen molar-refractivity contribution in [2.45, 2.75) is 25.4 Å². The minimum absolute atomic E-state index is 0.00415. The maximum Gasteiger partial charge on any atom is 0.322 e. The molecule has 1 atom stereocenters. The second-order valence-corrected chi connectivity index (χ2v) is 4.64. The van der Waals surface area contributed by atoms with Crippen LogP contribution in [0.3, 0.4) is 0 Å². The lowest BCUT2D eigenvalue weighted by atomic mass is 10.1. The number of nitrogens with one attached hydrogen (secondary N) is 1. The summed E-state index contributed by atoms with van der Waals surface area (Å²) >= 11 is 0. The van der Waals surface area contributed by atoms with Crippen LogP contribution in [-0.4, -0.2) is 42.2 Å². The predicted molar refractivity (Wildman–Crippen MR) is 78.7 cm³/mol. The van der Waals surface area contributed by atoms with Crippen LogP contribution < -0.4 is 5.32 Å². The normalized spacial score (nSPS) is 11.6. The van der Waals surface area contributed by atoms with Gasteiger partial charge in [0.1, 0.15) is 11.8 Å². The van der Waals surface area contributed by atoms with Gasteiger partial charge in [0.25, 0.3) is 5.69 Å². The maximum absolute atomic E-state index is 11.7. The van der Waals surface area contributed by atoms with Crippen LogP contribution in [0.1, 0.15) is 18.4 Å². The van der Waals surface area contributed by atoms with Gasteiger partial charge < -0.3 is 19.9 Å². The van der Waals surface area contributed by atoms with Crippen LogP contribution in [0.15, 0.2) is 18.2 Å². The SMILES string of the molecule is COC(=O)CC[C@H](NCc1cc([N+](=O)[O-])ccc1O)C(=O)OC. The molecule has 0 saturated heterocycles. The van der Waals surface area contributed by atoms with Crippen molar-refractivity contribution in [2.24, 2.45) is 0 Å². The van der Waals surface area contributed by atoms with E-state index in [9.17, 15) is 24.8 Å². The summed E-state index contributed by atoms with van der Waals surface area (Å²) in [6.45, 7) is -0.00550. The van der Waals surface area contributed by atoms with Gasteiger partial charge in [0.2, 0.25) is 0 Å². The van der Waals surface area contributed by atoms with E-state index in [-0.39, 0.29) is 36.4 Å². The first-order valence-electron chi connectivity index (χ1n) is 6.73. The van der Waals surface area contributed by atoms with Crippen LogP contribution in [0.25, 0.3) is 0 Å². The number of hydrogen-bond donors (Lipinski definition) is 2. The molecule has 0 unspecified atom stereocenters. The molecule has 0 fully saturated rings. The zero-order chi connectivity index (χ0) is 17.4. The second-order valence-electron chi connectivity index (χ2n) is 4.64. The second kappa shape index (κ2) is 8.69. The fourth-order valence-electron chi connectivity index (χ4n) is 1.87. The Balaban J connectivity index is 2.77. The summed E-state index contributed by atoms with van der Waals surface area (Å²) in [5, 5.41) is 23.3. The highest BCUT2D eigenvalue weighted by Gasteiger charge is 2.21. The standard InChI is InChI=1S/C14H18N2O7/c1-22-13(18)6-4-11(14(19)23-2)15-8-9-7-10(16(20)21)3-5-12(9)17/h3,5,7,11,15,17H,4,6,8H2,1-2H3/t11-/m0/s1. The van der Waals surface area contributed by atoms with Crippen molar-refractivity contribution in [3.63, 3.8) is 0 Å². The molecule has 126 valence electrons. The molecule has 1 aromatic carbocycles. The number of ether oxygens (including phenoxy) is 2. The van der Waals surface area contributed by atoms with Crippen molar-refractivity contribution >= 4 is 17.6 Å². The van der Waals surface area contributed by atoms with Crippen LogP contribution in [0.5, 0.6) is 5.75 Å². The van der Waals surface area contributed by atoms with Gasteiger partial charge in [-0.2, -0.15) is 0 Å². The summed E-state index contributed by atoms with van der Waals surface area (Å²) < 4.78 is 9.14. The Bertz CT molecular complexity index is 588. The van der Waals surface area contributed by atoms with Crippen molar-refractivity contribution in [1.29, 1.82) is 0 Å². The van der Waals surface area contributed by atoms with Gasteiger partial charge in [-0.3, -0.25) is 19.7 Å². The molecule has 23 heavy (non-hydrogen) atoms. The van der Waals surface area contributed by atoms with Crippen LogP contribution in [-0.2, 0) is 25.6 Å². The van der Waals surface area contributed by atoms with Crippen molar-refractivity contribution in [3.8, 4) is 5.75 Å². The number of nitro groups is 1. The molecule has 0 spiro atoms. The van der Waals surface area contributed by atoms with Crippen molar-refractivity contribution in [2.75, 3.05) is 14.2 Å².